The van der Waals surface area contributed by atoms with E-state index in [9.17, 15) is 9.59 Å². The van der Waals surface area contributed by atoms with E-state index in [2.05, 4.69) is 28.0 Å². The Balaban J connectivity index is 1.79. The molecule has 2 heterocycles. The van der Waals surface area contributed by atoms with Crippen LogP contribution in [0.4, 0.5) is 0 Å². The van der Waals surface area contributed by atoms with Gasteiger partial charge in [-0.25, -0.2) is 14.3 Å². The summed E-state index contributed by atoms with van der Waals surface area (Å²) in [4.78, 5) is 32.4. The zero-order chi connectivity index (χ0) is 16.8. The first-order valence-electron chi connectivity index (χ1n) is 7.79. The van der Waals surface area contributed by atoms with Crippen LogP contribution in [-0.2, 0) is 13.6 Å². The number of hydrogen-bond donors (Lipinski definition) is 1. The molecule has 0 saturated heterocycles. The monoisotopic (exact) mass is 320 g/mol. The Hall–Kier alpha value is -3.07. The van der Waals surface area contributed by atoms with Gasteiger partial charge in [0.25, 0.3) is 5.56 Å². The molecule has 6 heteroatoms. The van der Waals surface area contributed by atoms with E-state index in [0.29, 0.717) is 17.1 Å². The maximum atomic E-state index is 12.5. The quantitative estimate of drug-likeness (QED) is 0.740. The van der Waals surface area contributed by atoms with Crippen LogP contribution in [0.25, 0.3) is 11.2 Å². The Bertz CT molecular complexity index is 1080. The number of aromatic nitrogens is 4. The second kappa shape index (κ2) is 5.24. The largest absolute Gasteiger partial charge is 0.336 e. The summed E-state index contributed by atoms with van der Waals surface area (Å²) in [5, 5.41) is 0. The highest BCUT2D eigenvalue weighted by atomic mass is 16.2. The molecule has 1 saturated carbocycles. The number of hydrogen-bond acceptors (Lipinski definition) is 3. The molecule has 0 aliphatic heterocycles. The summed E-state index contributed by atoms with van der Waals surface area (Å²) in [7, 11) is 1.60. The van der Waals surface area contributed by atoms with Crippen molar-refractivity contribution in [3.05, 3.63) is 62.6 Å². The lowest BCUT2D eigenvalue weighted by Crippen LogP contribution is -2.38. The molecular weight excluding hydrogens is 304 g/mol. The van der Waals surface area contributed by atoms with E-state index >= 15 is 0 Å². The second-order valence-electron chi connectivity index (χ2n) is 6.12. The molecule has 0 unspecified atom stereocenters. The van der Waals surface area contributed by atoms with E-state index in [1.165, 1.54) is 10.1 Å². The Morgan fingerprint density at radius 3 is 2.75 bits per heavy atom. The molecular formula is C18H16N4O2. The van der Waals surface area contributed by atoms with Crippen LogP contribution in [0, 0.1) is 12.3 Å². The van der Waals surface area contributed by atoms with E-state index in [-0.39, 0.29) is 12.5 Å². The number of nitrogens with zero attached hydrogens (tertiary/aromatic N) is 3. The van der Waals surface area contributed by atoms with Gasteiger partial charge in [-0.15, -0.1) is 6.42 Å². The van der Waals surface area contributed by atoms with Gasteiger partial charge >= 0.3 is 5.69 Å². The SMILES string of the molecule is C#CCn1c(=O)c2[nH]c([C@@H]3C[C@H]3c3ccccc3)nc2n(C)c1=O. The standard InChI is InChI=1S/C18H16N4O2/c1-3-9-22-17(23)14-16(21(2)18(22)24)20-15(19-14)13-10-12(13)11-7-5-4-6-8-11/h1,4-8,12-13H,9-10H2,2H3,(H,19,20)/t12-,13+/m0/s1. The summed E-state index contributed by atoms with van der Waals surface area (Å²) in [6.45, 7) is -0.0497. The predicted molar refractivity (Wildman–Crippen MR) is 91.0 cm³/mol. The number of H-pyrrole nitrogens is 1. The first-order chi connectivity index (χ1) is 11.6. The highest BCUT2D eigenvalue weighted by Crippen LogP contribution is 2.53. The number of nitrogens with one attached hydrogen (secondary N) is 1. The van der Waals surface area contributed by atoms with E-state index in [0.717, 1.165) is 16.8 Å². The number of terminal acetylenes is 1. The lowest BCUT2D eigenvalue weighted by Gasteiger charge is -2.03. The van der Waals surface area contributed by atoms with Gasteiger partial charge in [0.15, 0.2) is 5.65 Å². The van der Waals surface area contributed by atoms with Crippen LogP contribution < -0.4 is 11.2 Å². The van der Waals surface area contributed by atoms with Gasteiger partial charge in [-0.3, -0.25) is 9.36 Å². The van der Waals surface area contributed by atoms with Crippen LogP contribution in [0.1, 0.15) is 29.6 Å². The Kier molecular flexibility index (Phi) is 3.17. The van der Waals surface area contributed by atoms with Gasteiger partial charge < -0.3 is 4.98 Å². The minimum absolute atomic E-state index is 0.0497. The van der Waals surface area contributed by atoms with Crippen molar-refractivity contribution >= 4 is 11.2 Å². The zero-order valence-corrected chi connectivity index (χ0v) is 13.2. The smallest absolute Gasteiger partial charge is 0.333 e. The molecule has 1 aromatic carbocycles. The van der Waals surface area contributed by atoms with Crippen molar-refractivity contribution in [2.45, 2.75) is 24.8 Å². The van der Waals surface area contributed by atoms with E-state index in [1.54, 1.807) is 7.05 Å². The molecule has 4 rings (SSSR count). The average molecular weight is 320 g/mol. The molecule has 6 nitrogen and oxygen atoms in total. The second-order valence-corrected chi connectivity index (χ2v) is 6.12. The highest BCUT2D eigenvalue weighted by Gasteiger charge is 2.42. The van der Waals surface area contributed by atoms with Crippen LogP contribution in [0.5, 0.6) is 0 Å². The zero-order valence-electron chi connectivity index (χ0n) is 13.2. The lowest BCUT2D eigenvalue weighted by molar-refractivity contribution is 0.676. The number of rotatable bonds is 3. The molecule has 2 atom stereocenters. The molecule has 2 aromatic heterocycles. The fourth-order valence-corrected chi connectivity index (χ4v) is 3.24. The molecule has 120 valence electrons. The first-order valence-corrected chi connectivity index (χ1v) is 7.79. The Morgan fingerprint density at radius 1 is 1.29 bits per heavy atom. The summed E-state index contributed by atoms with van der Waals surface area (Å²) in [5.41, 5.74) is 1.12. The maximum absolute atomic E-state index is 12.5. The predicted octanol–water partition coefficient (Wildman–Crippen LogP) is 1.33. The average Bonchev–Trinajstić information content (AvgIpc) is 3.28. The van der Waals surface area contributed by atoms with Crippen molar-refractivity contribution in [2.24, 2.45) is 7.05 Å². The number of imidazole rings is 1. The van der Waals surface area contributed by atoms with E-state index < -0.39 is 11.2 Å². The van der Waals surface area contributed by atoms with Crippen molar-refractivity contribution < 1.29 is 0 Å². The number of aromatic amines is 1. The van der Waals surface area contributed by atoms with Gasteiger partial charge in [0.1, 0.15) is 11.3 Å². The Labute approximate surface area is 137 Å². The first kappa shape index (κ1) is 14.5. The summed E-state index contributed by atoms with van der Waals surface area (Å²) >= 11 is 0. The molecule has 3 aromatic rings. The summed E-state index contributed by atoms with van der Waals surface area (Å²) in [6.07, 6.45) is 6.24. The maximum Gasteiger partial charge on any atom is 0.333 e. The summed E-state index contributed by atoms with van der Waals surface area (Å²) < 4.78 is 2.42. The molecule has 0 spiro atoms. The van der Waals surface area contributed by atoms with Crippen molar-refractivity contribution in [2.75, 3.05) is 0 Å². The van der Waals surface area contributed by atoms with E-state index in [4.69, 9.17) is 6.42 Å². The summed E-state index contributed by atoms with van der Waals surface area (Å²) in [6, 6.07) is 10.2. The van der Waals surface area contributed by atoms with Gasteiger partial charge in [-0.05, 0) is 17.9 Å². The third-order valence-corrected chi connectivity index (χ3v) is 4.62. The molecule has 0 radical (unpaired) electrons. The minimum Gasteiger partial charge on any atom is -0.336 e. The minimum atomic E-state index is -0.445. The van der Waals surface area contributed by atoms with Crippen LogP contribution >= 0.6 is 0 Å². The van der Waals surface area contributed by atoms with Crippen molar-refractivity contribution in [3.8, 4) is 12.3 Å². The topological polar surface area (TPSA) is 72.7 Å². The third-order valence-electron chi connectivity index (χ3n) is 4.62. The van der Waals surface area contributed by atoms with Crippen LogP contribution in [0.3, 0.4) is 0 Å². The molecule has 1 N–H and O–H groups in total. The van der Waals surface area contributed by atoms with Crippen molar-refractivity contribution in [1.29, 1.82) is 0 Å². The van der Waals surface area contributed by atoms with Gasteiger partial charge in [-0.1, -0.05) is 36.3 Å². The van der Waals surface area contributed by atoms with Gasteiger partial charge in [0.2, 0.25) is 0 Å². The molecule has 1 fully saturated rings. The van der Waals surface area contributed by atoms with E-state index in [1.807, 2.05) is 18.2 Å². The molecule has 0 amide bonds. The van der Waals surface area contributed by atoms with Crippen LogP contribution in [-0.4, -0.2) is 19.1 Å². The normalized spacial score (nSPS) is 19.3. The molecule has 24 heavy (non-hydrogen) atoms. The fraction of sp³-hybridized carbons (Fsp3) is 0.278. The van der Waals surface area contributed by atoms with Gasteiger partial charge in [0.05, 0.1) is 6.54 Å². The Morgan fingerprint density at radius 2 is 2.04 bits per heavy atom. The molecule has 1 aliphatic carbocycles. The van der Waals surface area contributed by atoms with Gasteiger partial charge in [-0.2, -0.15) is 0 Å². The number of fused-ring (bicyclic) bond motifs is 1. The van der Waals surface area contributed by atoms with Crippen LogP contribution in [0.2, 0.25) is 0 Å². The van der Waals surface area contributed by atoms with Crippen molar-refractivity contribution in [1.82, 2.24) is 19.1 Å². The molecule has 1 aliphatic rings. The van der Waals surface area contributed by atoms with Crippen LogP contribution in [0.15, 0.2) is 39.9 Å². The van der Waals surface area contributed by atoms with Crippen molar-refractivity contribution in [3.63, 3.8) is 0 Å². The fourth-order valence-electron chi connectivity index (χ4n) is 3.24. The highest BCUT2D eigenvalue weighted by molar-refractivity contribution is 5.70. The molecule has 0 bridgehead atoms. The summed E-state index contributed by atoms with van der Waals surface area (Å²) in [5.74, 6) is 3.74. The third kappa shape index (κ3) is 2.09. The lowest BCUT2D eigenvalue weighted by atomic mass is 10.1. The van der Waals surface area contributed by atoms with Gasteiger partial charge in [0, 0.05) is 13.0 Å². The number of benzene rings is 1. The number of aryl methyl sites for hydroxylation is 1.